The molecule has 0 unspecified atom stereocenters. The minimum Gasteiger partial charge on any atom is -0.0617 e. The van der Waals surface area contributed by atoms with Crippen LogP contribution in [-0.2, 0) is 0 Å². The van der Waals surface area contributed by atoms with Crippen molar-refractivity contribution in [2.75, 3.05) is 0 Å². The van der Waals surface area contributed by atoms with Gasteiger partial charge in [-0.1, -0.05) is 30.3 Å². The zero-order valence-electron chi connectivity index (χ0n) is 35.9. The van der Waals surface area contributed by atoms with Gasteiger partial charge in [-0.05, 0) is 5.56 Å². The molecule has 0 atom stereocenters. The van der Waals surface area contributed by atoms with Gasteiger partial charge in [-0.2, -0.15) is 0 Å². The Morgan fingerprint density at radius 1 is 0.258 bits per heavy atom. The molecule has 0 saturated carbocycles. The van der Waals surface area contributed by atoms with Crippen molar-refractivity contribution in [2.24, 2.45) is 0 Å². The Bertz CT molecular complexity index is 4160. The summed E-state index contributed by atoms with van der Waals surface area (Å²) in [5, 5.41) is 15.4. The van der Waals surface area contributed by atoms with Crippen molar-refractivity contribution < 1.29 is 0 Å². The zero-order chi connectivity index (χ0) is 43.3. The summed E-state index contributed by atoms with van der Waals surface area (Å²) in [5.41, 5.74) is 13.8. The van der Waals surface area contributed by atoms with Crippen molar-refractivity contribution in [1.29, 1.82) is 0 Å². The van der Waals surface area contributed by atoms with Crippen molar-refractivity contribution in [1.82, 2.24) is 4.57 Å². The average molecular weight is 901 g/mol. The third kappa shape index (κ3) is 5.53. The summed E-state index contributed by atoms with van der Waals surface area (Å²) in [6.45, 7) is 0. The smallest absolute Gasteiger partial charge is 0.0544 e. The second-order valence-corrected chi connectivity index (χ2v) is 19.7. The maximum Gasteiger partial charge on any atom is -0.0544 e. The number of benzene rings is 12. The molecule has 12 aromatic carbocycles. The van der Waals surface area contributed by atoms with Gasteiger partial charge < -0.3 is 0 Å². The molecule has 66 heavy (non-hydrogen) atoms. The van der Waals surface area contributed by atoms with Gasteiger partial charge in [0, 0.05) is 0 Å². The Morgan fingerprint density at radius 2 is 0.742 bits per heavy atom. The van der Waals surface area contributed by atoms with Crippen LogP contribution in [0.5, 0.6) is 0 Å². The number of hydrogen-bond acceptors (Lipinski definition) is 0. The van der Waals surface area contributed by atoms with Crippen LogP contribution in [0.25, 0.3) is 134 Å². The van der Waals surface area contributed by atoms with Crippen LogP contribution in [0.1, 0.15) is 0 Å². The Hall–Kier alpha value is -8.00. The summed E-state index contributed by atoms with van der Waals surface area (Å²) in [6.07, 6.45) is 0. The van der Waals surface area contributed by atoms with E-state index < -0.39 is 0 Å². The van der Waals surface area contributed by atoms with Crippen LogP contribution in [0.4, 0.5) is 0 Å². The van der Waals surface area contributed by atoms with Crippen LogP contribution in [0.3, 0.4) is 0 Å². The second kappa shape index (κ2) is 14.8. The van der Waals surface area contributed by atoms with Crippen molar-refractivity contribution in [2.45, 2.75) is 0 Å². The van der Waals surface area contributed by atoms with Crippen LogP contribution in [0, 0.1) is 0 Å². The molecule has 2 aromatic heterocycles. The maximum absolute atomic E-state index is 2.53. The van der Waals surface area contributed by atoms with Crippen LogP contribution >= 0.6 is 0 Å². The number of nitrogens with zero attached hydrogens (tertiary/aromatic N) is 1. The number of hydrogen-bond donors (Lipinski definition) is 0. The predicted molar refractivity (Wildman–Crippen MR) is 285 cm³/mol. The summed E-state index contributed by atoms with van der Waals surface area (Å²) < 4.78 is 5.41. The van der Waals surface area contributed by atoms with Gasteiger partial charge in [0.2, 0.25) is 0 Å². The molecule has 2 heterocycles. The largest absolute Gasteiger partial charge is 0.0617 e. The van der Waals surface area contributed by atoms with Gasteiger partial charge in [0.15, 0.2) is 0 Å². The first-order valence-corrected chi connectivity index (χ1v) is 24.5. The molecule has 2 heteroatoms. The standard InChI is InChI=1S/C64H39NSe/c1-3-18-40(19-4-1)42-35-37-57-55(38-42)44-22-15-16-32-56(44)65(57)64-51-29-13-11-27-49(51)62(50-28-12-14-30-52(50)64)54-31-17-33-58-63(54)53-36-34-43(39-59(53)66-58)61-47-25-9-7-23-45(47)60(41-20-5-2-6-21-41)46-24-8-10-26-48(46)61/h1-39H. The SMILES string of the molecule is c1ccc(-c2ccc3c(c2)c2ccccc2n3-c2c3ccccc3c(-c3cccc4[se]c5cc(-c6c7ccccc7c(-c7ccccc7)c7ccccc67)ccc5c34)c3ccccc23)cc1. The molecular weight excluding hydrogens is 862 g/mol. The molecule has 0 bridgehead atoms. The number of rotatable bonds is 5. The fourth-order valence-electron chi connectivity index (χ4n) is 11.2. The zero-order valence-corrected chi connectivity index (χ0v) is 37.6. The monoisotopic (exact) mass is 901 g/mol. The fourth-order valence-corrected chi connectivity index (χ4v) is 13.7. The molecule has 1 nitrogen and oxygen atoms in total. The number of para-hydroxylation sites is 1. The van der Waals surface area contributed by atoms with E-state index in [1.165, 1.54) is 134 Å². The number of fused-ring (bicyclic) bond motifs is 10. The third-order valence-corrected chi connectivity index (χ3v) is 16.3. The predicted octanol–water partition coefficient (Wildman–Crippen LogP) is 17.4. The van der Waals surface area contributed by atoms with Gasteiger partial charge in [-0.3, -0.25) is 0 Å². The van der Waals surface area contributed by atoms with E-state index in [2.05, 4.69) is 241 Å². The van der Waals surface area contributed by atoms with Gasteiger partial charge in [0.25, 0.3) is 0 Å². The first-order chi connectivity index (χ1) is 32.8. The minimum atomic E-state index is 0.138. The molecule has 14 rings (SSSR count). The van der Waals surface area contributed by atoms with Crippen LogP contribution in [0.15, 0.2) is 237 Å². The molecule has 0 aliphatic rings. The van der Waals surface area contributed by atoms with E-state index in [0.717, 1.165) is 0 Å². The van der Waals surface area contributed by atoms with E-state index in [-0.39, 0.29) is 14.5 Å². The summed E-state index contributed by atoms with van der Waals surface area (Å²) in [7, 11) is 0. The molecule has 0 saturated heterocycles. The van der Waals surface area contributed by atoms with Crippen LogP contribution in [0.2, 0.25) is 0 Å². The Kier molecular flexibility index (Phi) is 8.37. The molecule has 306 valence electrons. The van der Waals surface area contributed by atoms with Crippen molar-refractivity contribution in [3.05, 3.63) is 237 Å². The second-order valence-electron chi connectivity index (χ2n) is 17.5. The number of aromatic nitrogens is 1. The average Bonchev–Trinajstić information content (AvgIpc) is 3.93. The third-order valence-electron chi connectivity index (χ3n) is 14.0. The summed E-state index contributed by atoms with van der Waals surface area (Å²) in [4.78, 5) is 0. The van der Waals surface area contributed by atoms with E-state index in [4.69, 9.17) is 0 Å². The first-order valence-electron chi connectivity index (χ1n) is 22.8. The van der Waals surface area contributed by atoms with Gasteiger partial charge >= 0.3 is 354 Å². The van der Waals surface area contributed by atoms with Gasteiger partial charge in [0.05, 0.1) is 0 Å². The van der Waals surface area contributed by atoms with E-state index in [9.17, 15) is 0 Å². The molecular formula is C64H39NSe. The normalized spacial score (nSPS) is 11.9. The molecule has 14 aromatic rings. The van der Waals surface area contributed by atoms with Gasteiger partial charge in [-0.15, -0.1) is 0 Å². The topological polar surface area (TPSA) is 4.93 Å². The molecule has 0 radical (unpaired) electrons. The van der Waals surface area contributed by atoms with Crippen LogP contribution < -0.4 is 0 Å². The fraction of sp³-hybridized carbons (Fsp3) is 0. The minimum absolute atomic E-state index is 0.138. The summed E-state index contributed by atoms with van der Waals surface area (Å²) in [5.74, 6) is 0. The van der Waals surface area contributed by atoms with E-state index in [1.807, 2.05) is 0 Å². The van der Waals surface area contributed by atoms with Gasteiger partial charge in [-0.25, -0.2) is 0 Å². The molecule has 0 fully saturated rings. The van der Waals surface area contributed by atoms with Gasteiger partial charge in [0.1, 0.15) is 0 Å². The quantitative estimate of drug-likeness (QED) is 0.120. The van der Waals surface area contributed by atoms with E-state index in [1.54, 1.807) is 0 Å². The Balaban J connectivity index is 1.01. The van der Waals surface area contributed by atoms with Crippen molar-refractivity contribution >= 4 is 98.7 Å². The molecule has 0 amide bonds. The van der Waals surface area contributed by atoms with E-state index in [0.29, 0.717) is 0 Å². The Labute approximate surface area is 387 Å². The maximum atomic E-state index is 2.53. The summed E-state index contributed by atoms with van der Waals surface area (Å²) >= 11 is 0.138. The van der Waals surface area contributed by atoms with Crippen molar-refractivity contribution in [3.63, 3.8) is 0 Å². The Morgan fingerprint density at radius 3 is 1.36 bits per heavy atom. The molecule has 0 aliphatic heterocycles. The molecule has 0 spiro atoms. The molecule has 0 N–H and O–H groups in total. The van der Waals surface area contributed by atoms with Crippen molar-refractivity contribution in [3.8, 4) is 50.2 Å². The van der Waals surface area contributed by atoms with Crippen LogP contribution in [-0.4, -0.2) is 19.1 Å². The first kappa shape index (κ1) is 37.4. The molecule has 0 aliphatic carbocycles. The summed E-state index contributed by atoms with van der Waals surface area (Å²) in [6, 6.07) is 88.1. The van der Waals surface area contributed by atoms with E-state index >= 15 is 0 Å².